The molecule has 0 aromatic heterocycles. The van der Waals surface area contributed by atoms with Crippen molar-refractivity contribution in [2.45, 2.75) is 39.0 Å². The third kappa shape index (κ3) is 3.19. The molecule has 0 fully saturated rings. The van der Waals surface area contributed by atoms with Gasteiger partial charge in [0.1, 0.15) is 11.5 Å². The standard InChI is InChI=1S/C15H18O3/c1-11(16)4-3-9-18-13-8-7-12-5-2-6-15(17)14(12)10-13/h7-8,10H,2-6,9H2,1H3. The highest BCUT2D eigenvalue weighted by atomic mass is 16.5. The molecule has 0 saturated heterocycles. The summed E-state index contributed by atoms with van der Waals surface area (Å²) in [5.74, 6) is 1.12. The largest absolute Gasteiger partial charge is 0.494 e. The number of ketones is 2. The first-order valence-electron chi connectivity index (χ1n) is 6.45. The van der Waals surface area contributed by atoms with Gasteiger partial charge in [0.2, 0.25) is 0 Å². The van der Waals surface area contributed by atoms with Crippen LogP contribution in [0.3, 0.4) is 0 Å². The first-order chi connectivity index (χ1) is 8.66. The second-order valence-electron chi connectivity index (χ2n) is 4.75. The number of ether oxygens (including phenoxy) is 1. The molecule has 0 aliphatic heterocycles. The van der Waals surface area contributed by atoms with Gasteiger partial charge in [-0.2, -0.15) is 0 Å². The Kier molecular flexibility index (Phi) is 4.13. The maximum Gasteiger partial charge on any atom is 0.163 e. The molecule has 0 N–H and O–H groups in total. The van der Waals surface area contributed by atoms with Crippen LogP contribution in [0.5, 0.6) is 5.75 Å². The van der Waals surface area contributed by atoms with E-state index in [2.05, 4.69) is 0 Å². The maximum atomic E-state index is 11.8. The Bertz CT molecular complexity index is 463. The smallest absolute Gasteiger partial charge is 0.163 e. The summed E-state index contributed by atoms with van der Waals surface area (Å²) in [5.41, 5.74) is 1.94. The molecule has 0 atom stereocenters. The minimum absolute atomic E-state index is 0.180. The molecule has 0 unspecified atom stereocenters. The van der Waals surface area contributed by atoms with Crippen molar-refractivity contribution in [1.82, 2.24) is 0 Å². The van der Waals surface area contributed by atoms with Gasteiger partial charge in [-0.25, -0.2) is 0 Å². The topological polar surface area (TPSA) is 43.4 Å². The van der Waals surface area contributed by atoms with Crippen LogP contribution in [0, 0.1) is 0 Å². The van der Waals surface area contributed by atoms with E-state index in [1.807, 2.05) is 18.2 Å². The van der Waals surface area contributed by atoms with Crippen LogP contribution >= 0.6 is 0 Å². The molecule has 3 nitrogen and oxygen atoms in total. The Labute approximate surface area is 107 Å². The van der Waals surface area contributed by atoms with Crippen LogP contribution in [-0.4, -0.2) is 18.2 Å². The second-order valence-corrected chi connectivity index (χ2v) is 4.75. The lowest BCUT2D eigenvalue weighted by molar-refractivity contribution is -0.117. The number of rotatable bonds is 5. The molecule has 1 aromatic rings. The van der Waals surface area contributed by atoms with Crippen molar-refractivity contribution in [2.24, 2.45) is 0 Å². The number of carbonyl (C=O) groups is 2. The van der Waals surface area contributed by atoms with Crippen molar-refractivity contribution in [2.75, 3.05) is 6.61 Å². The molecule has 1 aliphatic carbocycles. The molecule has 3 heteroatoms. The summed E-state index contributed by atoms with van der Waals surface area (Å²) < 4.78 is 5.57. The van der Waals surface area contributed by atoms with Gasteiger partial charge in [-0.15, -0.1) is 0 Å². The zero-order chi connectivity index (χ0) is 13.0. The van der Waals surface area contributed by atoms with E-state index >= 15 is 0 Å². The number of aryl methyl sites for hydroxylation is 1. The number of hydrogen-bond donors (Lipinski definition) is 0. The Morgan fingerprint density at radius 2 is 2.17 bits per heavy atom. The summed E-state index contributed by atoms with van der Waals surface area (Å²) in [6.45, 7) is 2.10. The summed E-state index contributed by atoms with van der Waals surface area (Å²) in [4.78, 5) is 22.5. The molecule has 0 spiro atoms. The Hall–Kier alpha value is -1.64. The number of benzene rings is 1. The van der Waals surface area contributed by atoms with Gasteiger partial charge in [-0.1, -0.05) is 6.07 Å². The Morgan fingerprint density at radius 3 is 2.94 bits per heavy atom. The summed E-state index contributed by atoms with van der Waals surface area (Å²) in [6.07, 6.45) is 3.83. The van der Waals surface area contributed by atoms with Crippen LogP contribution < -0.4 is 4.74 Å². The van der Waals surface area contributed by atoms with Crippen LogP contribution in [0.1, 0.15) is 48.5 Å². The van der Waals surface area contributed by atoms with Crippen LogP contribution in [-0.2, 0) is 11.2 Å². The lowest BCUT2D eigenvalue weighted by atomic mass is 9.90. The molecule has 1 aliphatic rings. The molecule has 1 aromatic carbocycles. The number of carbonyl (C=O) groups excluding carboxylic acids is 2. The fraction of sp³-hybridized carbons (Fsp3) is 0.467. The molecular formula is C15H18O3. The van der Waals surface area contributed by atoms with Crippen molar-refractivity contribution >= 4 is 11.6 Å². The van der Waals surface area contributed by atoms with Gasteiger partial charge in [0.05, 0.1) is 6.61 Å². The van der Waals surface area contributed by atoms with Gasteiger partial charge in [-0.05, 0) is 43.9 Å². The molecule has 2 rings (SSSR count). The normalized spacial score (nSPS) is 14.2. The number of hydrogen-bond acceptors (Lipinski definition) is 3. The van der Waals surface area contributed by atoms with Gasteiger partial charge in [0.15, 0.2) is 5.78 Å². The predicted molar refractivity (Wildman–Crippen MR) is 69.1 cm³/mol. The average Bonchev–Trinajstić information content (AvgIpc) is 2.35. The molecule has 0 bridgehead atoms. The third-order valence-corrected chi connectivity index (χ3v) is 3.17. The molecular weight excluding hydrogens is 228 g/mol. The van der Waals surface area contributed by atoms with Gasteiger partial charge in [-0.3, -0.25) is 4.79 Å². The van der Waals surface area contributed by atoms with E-state index in [9.17, 15) is 9.59 Å². The van der Waals surface area contributed by atoms with Crippen molar-refractivity contribution in [3.05, 3.63) is 29.3 Å². The van der Waals surface area contributed by atoms with Crippen LogP contribution in [0.25, 0.3) is 0 Å². The summed E-state index contributed by atoms with van der Waals surface area (Å²) >= 11 is 0. The first-order valence-corrected chi connectivity index (χ1v) is 6.45. The monoisotopic (exact) mass is 246 g/mol. The second kappa shape index (κ2) is 5.80. The molecule has 0 heterocycles. The lowest BCUT2D eigenvalue weighted by Gasteiger charge is -2.15. The summed E-state index contributed by atoms with van der Waals surface area (Å²) in [6, 6.07) is 5.72. The minimum Gasteiger partial charge on any atom is -0.494 e. The summed E-state index contributed by atoms with van der Waals surface area (Å²) in [7, 11) is 0. The van der Waals surface area contributed by atoms with Crippen LogP contribution in [0.15, 0.2) is 18.2 Å². The first kappa shape index (κ1) is 12.8. The fourth-order valence-corrected chi connectivity index (χ4v) is 2.21. The van der Waals surface area contributed by atoms with E-state index < -0.39 is 0 Å². The highest BCUT2D eigenvalue weighted by molar-refractivity contribution is 5.98. The van der Waals surface area contributed by atoms with Crippen molar-refractivity contribution in [3.8, 4) is 5.75 Å². The van der Waals surface area contributed by atoms with E-state index in [1.165, 1.54) is 0 Å². The van der Waals surface area contributed by atoms with E-state index in [-0.39, 0.29) is 11.6 Å². The summed E-state index contributed by atoms with van der Waals surface area (Å²) in [5, 5.41) is 0. The van der Waals surface area contributed by atoms with E-state index in [0.29, 0.717) is 19.4 Å². The zero-order valence-corrected chi connectivity index (χ0v) is 10.7. The quantitative estimate of drug-likeness (QED) is 0.750. The van der Waals surface area contributed by atoms with Crippen molar-refractivity contribution in [1.29, 1.82) is 0 Å². The Balaban J connectivity index is 1.96. The molecule has 96 valence electrons. The number of fused-ring (bicyclic) bond motifs is 1. The third-order valence-electron chi connectivity index (χ3n) is 3.17. The van der Waals surface area contributed by atoms with Crippen LogP contribution in [0.2, 0.25) is 0 Å². The van der Waals surface area contributed by atoms with Crippen LogP contribution in [0.4, 0.5) is 0 Å². The zero-order valence-electron chi connectivity index (χ0n) is 10.7. The van der Waals surface area contributed by atoms with Gasteiger partial charge < -0.3 is 9.53 Å². The van der Waals surface area contributed by atoms with Crippen molar-refractivity contribution in [3.63, 3.8) is 0 Å². The fourth-order valence-electron chi connectivity index (χ4n) is 2.21. The average molecular weight is 246 g/mol. The lowest BCUT2D eigenvalue weighted by Crippen LogP contribution is -2.11. The van der Waals surface area contributed by atoms with Gasteiger partial charge in [0, 0.05) is 18.4 Å². The minimum atomic E-state index is 0.180. The Morgan fingerprint density at radius 1 is 1.33 bits per heavy atom. The highest BCUT2D eigenvalue weighted by Crippen LogP contribution is 2.25. The molecule has 0 radical (unpaired) electrons. The highest BCUT2D eigenvalue weighted by Gasteiger charge is 2.17. The van der Waals surface area contributed by atoms with E-state index in [1.54, 1.807) is 6.92 Å². The van der Waals surface area contributed by atoms with E-state index in [4.69, 9.17) is 4.74 Å². The SMILES string of the molecule is CC(=O)CCCOc1ccc2c(c1)C(=O)CCC2. The predicted octanol–water partition coefficient (Wildman–Crippen LogP) is 2.95. The molecule has 0 amide bonds. The van der Waals surface area contributed by atoms with Gasteiger partial charge >= 0.3 is 0 Å². The van der Waals surface area contributed by atoms with Gasteiger partial charge in [0.25, 0.3) is 0 Å². The molecule has 18 heavy (non-hydrogen) atoms. The van der Waals surface area contributed by atoms with E-state index in [0.717, 1.165) is 36.1 Å². The number of Topliss-reactive ketones (excluding diaryl/α,β-unsaturated/α-hetero) is 2. The maximum absolute atomic E-state index is 11.8. The van der Waals surface area contributed by atoms with Crippen molar-refractivity contribution < 1.29 is 14.3 Å². The molecule has 0 saturated carbocycles.